The van der Waals surface area contributed by atoms with Crippen LogP contribution in [0.3, 0.4) is 0 Å². The highest BCUT2D eigenvalue weighted by atomic mass is 16.5. The summed E-state index contributed by atoms with van der Waals surface area (Å²) in [6.07, 6.45) is 2.02. The third kappa shape index (κ3) is 2.71. The Labute approximate surface area is 86.4 Å². The standard InChI is InChI=1S/C11H21NO2/c1-8(2)10-7-9(5-6-14-10)11(13)12(3)4/h8-10H,5-7H2,1-4H3. The Morgan fingerprint density at radius 3 is 2.57 bits per heavy atom. The zero-order chi connectivity index (χ0) is 10.7. The number of ether oxygens (including phenoxy) is 1. The Balaban J connectivity index is 2.51. The number of carbonyl (C=O) groups excluding carboxylic acids is 1. The van der Waals surface area contributed by atoms with Crippen LogP contribution in [0.25, 0.3) is 0 Å². The first-order valence-electron chi connectivity index (χ1n) is 5.35. The molecule has 0 aliphatic carbocycles. The Hall–Kier alpha value is -0.570. The number of nitrogens with zero attached hydrogens (tertiary/aromatic N) is 1. The summed E-state index contributed by atoms with van der Waals surface area (Å²) >= 11 is 0. The lowest BCUT2D eigenvalue weighted by atomic mass is 9.89. The number of hydrogen-bond acceptors (Lipinski definition) is 2. The van der Waals surface area contributed by atoms with Crippen LogP contribution in [-0.2, 0) is 9.53 Å². The van der Waals surface area contributed by atoms with E-state index in [-0.39, 0.29) is 17.9 Å². The van der Waals surface area contributed by atoms with Crippen LogP contribution in [0.4, 0.5) is 0 Å². The van der Waals surface area contributed by atoms with Crippen molar-refractivity contribution in [2.45, 2.75) is 32.8 Å². The van der Waals surface area contributed by atoms with Crippen molar-refractivity contribution in [2.24, 2.45) is 11.8 Å². The van der Waals surface area contributed by atoms with Gasteiger partial charge in [-0.15, -0.1) is 0 Å². The molecular weight excluding hydrogens is 178 g/mol. The summed E-state index contributed by atoms with van der Waals surface area (Å²) in [4.78, 5) is 13.4. The van der Waals surface area contributed by atoms with Crippen LogP contribution in [0.5, 0.6) is 0 Å². The molecule has 0 radical (unpaired) electrons. The monoisotopic (exact) mass is 199 g/mol. The van der Waals surface area contributed by atoms with E-state index in [0.717, 1.165) is 19.4 Å². The molecule has 0 spiro atoms. The van der Waals surface area contributed by atoms with E-state index in [2.05, 4.69) is 13.8 Å². The molecule has 1 heterocycles. The van der Waals surface area contributed by atoms with E-state index in [4.69, 9.17) is 4.74 Å². The molecule has 1 aliphatic heterocycles. The predicted octanol–water partition coefficient (Wildman–Crippen LogP) is 1.53. The van der Waals surface area contributed by atoms with Crippen molar-refractivity contribution in [3.63, 3.8) is 0 Å². The van der Waals surface area contributed by atoms with E-state index in [1.807, 2.05) is 14.1 Å². The molecular formula is C11H21NO2. The smallest absolute Gasteiger partial charge is 0.225 e. The van der Waals surface area contributed by atoms with Crippen molar-refractivity contribution in [3.05, 3.63) is 0 Å². The summed E-state index contributed by atoms with van der Waals surface area (Å²) in [5.41, 5.74) is 0. The lowest BCUT2D eigenvalue weighted by molar-refractivity contribution is -0.139. The van der Waals surface area contributed by atoms with Gasteiger partial charge < -0.3 is 9.64 Å². The Kier molecular flexibility index (Phi) is 3.93. The van der Waals surface area contributed by atoms with Crippen LogP contribution in [0.15, 0.2) is 0 Å². The van der Waals surface area contributed by atoms with Gasteiger partial charge in [0.2, 0.25) is 5.91 Å². The van der Waals surface area contributed by atoms with Gasteiger partial charge in [-0.2, -0.15) is 0 Å². The normalized spacial score (nSPS) is 27.8. The SMILES string of the molecule is CC(C)C1CC(C(=O)N(C)C)CCO1. The van der Waals surface area contributed by atoms with Crippen molar-refractivity contribution in [1.29, 1.82) is 0 Å². The molecule has 0 N–H and O–H groups in total. The molecule has 0 aromatic carbocycles. The molecule has 3 heteroatoms. The van der Waals surface area contributed by atoms with Crippen molar-refractivity contribution >= 4 is 5.91 Å². The third-order valence-electron chi connectivity index (χ3n) is 2.85. The molecule has 14 heavy (non-hydrogen) atoms. The molecule has 3 nitrogen and oxygen atoms in total. The third-order valence-corrected chi connectivity index (χ3v) is 2.85. The van der Waals surface area contributed by atoms with Gasteiger partial charge in [-0.1, -0.05) is 13.8 Å². The first kappa shape index (κ1) is 11.5. The Morgan fingerprint density at radius 2 is 2.07 bits per heavy atom. The molecule has 82 valence electrons. The van der Waals surface area contributed by atoms with Gasteiger partial charge in [-0.25, -0.2) is 0 Å². The highest BCUT2D eigenvalue weighted by Crippen LogP contribution is 2.25. The van der Waals surface area contributed by atoms with Crippen LogP contribution in [0.2, 0.25) is 0 Å². The van der Waals surface area contributed by atoms with Crippen LogP contribution in [0, 0.1) is 11.8 Å². The van der Waals surface area contributed by atoms with Crippen molar-refractivity contribution < 1.29 is 9.53 Å². The van der Waals surface area contributed by atoms with Gasteiger partial charge in [-0.3, -0.25) is 4.79 Å². The van der Waals surface area contributed by atoms with E-state index in [1.54, 1.807) is 4.90 Å². The average Bonchev–Trinajstić information content (AvgIpc) is 2.16. The van der Waals surface area contributed by atoms with Gasteiger partial charge in [0.25, 0.3) is 0 Å². The lowest BCUT2D eigenvalue weighted by Crippen LogP contribution is -2.38. The quantitative estimate of drug-likeness (QED) is 0.675. The zero-order valence-corrected chi connectivity index (χ0v) is 9.62. The molecule has 0 aromatic rings. The van der Waals surface area contributed by atoms with Gasteiger partial charge in [0.15, 0.2) is 0 Å². The van der Waals surface area contributed by atoms with E-state index < -0.39 is 0 Å². The molecule has 1 amide bonds. The fourth-order valence-corrected chi connectivity index (χ4v) is 1.88. The van der Waals surface area contributed by atoms with Crippen LogP contribution in [-0.4, -0.2) is 37.6 Å². The average molecular weight is 199 g/mol. The maximum Gasteiger partial charge on any atom is 0.225 e. The molecule has 0 bridgehead atoms. The fourth-order valence-electron chi connectivity index (χ4n) is 1.88. The minimum Gasteiger partial charge on any atom is -0.378 e. The second-order valence-corrected chi connectivity index (χ2v) is 4.61. The molecule has 1 fully saturated rings. The molecule has 2 unspecified atom stereocenters. The van der Waals surface area contributed by atoms with Gasteiger partial charge >= 0.3 is 0 Å². The molecule has 0 saturated carbocycles. The van der Waals surface area contributed by atoms with Gasteiger partial charge in [0, 0.05) is 26.6 Å². The summed E-state index contributed by atoms with van der Waals surface area (Å²) in [5, 5.41) is 0. The predicted molar refractivity (Wildman–Crippen MR) is 56.0 cm³/mol. The van der Waals surface area contributed by atoms with Gasteiger partial charge in [-0.05, 0) is 18.8 Å². The van der Waals surface area contributed by atoms with Gasteiger partial charge in [0.05, 0.1) is 6.10 Å². The van der Waals surface area contributed by atoms with E-state index in [9.17, 15) is 4.79 Å². The highest BCUT2D eigenvalue weighted by molar-refractivity contribution is 5.78. The lowest BCUT2D eigenvalue weighted by Gasteiger charge is -2.32. The molecule has 2 atom stereocenters. The maximum atomic E-state index is 11.7. The summed E-state index contributed by atoms with van der Waals surface area (Å²) in [6.45, 7) is 5.02. The molecule has 0 aromatic heterocycles. The van der Waals surface area contributed by atoms with Crippen molar-refractivity contribution in [2.75, 3.05) is 20.7 Å². The summed E-state index contributed by atoms with van der Waals surface area (Å²) in [5.74, 6) is 0.929. The van der Waals surface area contributed by atoms with E-state index in [1.165, 1.54) is 0 Å². The van der Waals surface area contributed by atoms with E-state index in [0.29, 0.717) is 5.92 Å². The van der Waals surface area contributed by atoms with Crippen LogP contribution >= 0.6 is 0 Å². The minimum atomic E-state index is 0.172. The highest BCUT2D eigenvalue weighted by Gasteiger charge is 2.30. The molecule has 1 saturated heterocycles. The number of hydrogen-bond donors (Lipinski definition) is 0. The zero-order valence-electron chi connectivity index (χ0n) is 9.62. The van der Waals surface area contributed by atoms with Crippen molar-refractivity contribution in [1.82, 2.24) is 4.90 Å². The molecule has 1 rings (SSSR count). The second-order valence-electron chi connectivity index (χ2n) is 4.61. The Morgan fingerprint density at radius 1 is 1.43 bits per heavy atom. The van der Waals surface area contributed by atoms with Crippen LogP contribution in [0.1, 0.15) is 26.7 Å². The second kappa shape index (κ2) is 4.78. The van der Waals surface area contributed by atoms with Crippen molar-refractivity contribution in [3.8, 4) is 0 Å². The van der Waals surface area contributed by atoms with Crippen LogP contribution < -0.4 is 0 Å². The van der Waals surface area contributed by atoms with Gasteiger partial charge in [0.1, 0.15) is 0 Å². The topological polar surface area (TPSA) is 29.5 Å². The fraction of sp³-hybridized carbons (Fsp3) is 0.909. The summed E-state index contributed by atoms with van der Waals surface area (Å²) in [7, 11) is 3.64. The maximum absolute atomic E-state index is 11.7. The summed E-state index contributed by atoms with van der Waals surface area (Å²) < 4.78 is 5.63. The Bertz CT molecular complexity index is 201. The number of rotatable bonds is 2. The first-order chi connectivity index (χ1) is 6.52. The first-order valence-corrected chi connectivity index (χ1v) is 5.35. The largest absolute Gasteiger partial charge is 0.378 e. The number of amides is 1. The summed E-state index contributed by atoms with van der Waals surface area (Å²) in [6, 6.07) is 0. The number of carbonyl (C=O) groups is 1. The van der Waals surface area contributed by atoms with E-state index >= 15 is 0 Å². The molecule has 1 aliphatic rings. The minimum absolute atomic E-state index is 0.172.